The molecule has 0 aliphatic heterocycles. The molecule has 1 aromatic carbocycles. The number of benzene rings is 1. The Morgan fingerprint density at radius 1 is 1.33 bits per heavy atom. The molecule has 0 radical (unpaired) electrons. The predicted octanol–water partition coefficient (Wildman–Crippen LogP) is 3.62. The van der Waals surface area contributed by atoms with E-state index >= 15 is 0 Å². The second-order valence-corrected chi connectivity index (χ2v) is 4.28. The summed E-state index contributed by atoms with van der Waals surface area (Å²) in [5, 5.41) is 13.8. The summed E-state index contributed by atoms with van der Waals surface area (Å²) in [5.41, 5.74) is 0.796. The van der Waals surface area contributed by atoms with E-state index in [0.717, 1.165) is 0 Å². The average Bonchev–Trinajstić information content (AvgIpc) is 2.69. The number of hydrogen-bond donors (Lipinski definition) is 1. The Balaban J connectivity index is 2.46. The van der Waals surface area contributed by atoms with Crippen LogP contribution in [0.1, 0.15) is 17.2 Å². The molecule has 0 spiro atoms. The summed E-state index contributed by atoms with van der Waals surface area (Å²) in [6.07, 6.45) is -0.995. The molecule has 0 saturated heterocycles. The highest BCUT2D eigenvalue weighted by atomic mass is 35.5. The van der Waals surface area contributed by atoms with Gasteiger partial charge in [0.15, 0.2) is 0 Å². The van der Waals surface area contributed by atoms with E-state index in [1.165, 1.54) is 23.5 Å². The molecule has 78 valence electrons. The van der Waals surface area contributed by atoms with E-state index in [1.54, 1.807) is 17.5 Å². The Labute approximate surface area is 95.8 Å². The molecule has 1 nitrogen and oxygen atoms in total. The van der Waals surface area contributed by atoms with E-state index in [0.29, 0.717) is 5.56 Å². The van der Waals surface area contributed by atoms with Gasteiger partial charge in [-0.1, -0.05) is 17.7 Å². The summed E-state index contributed by atoms with van der Waals surface area (Å²) in [6.45, 7) is 0. The molecule has 15 heavy (non-hydrogen) atoms. The minimum atomic E-state index is -0.995. The van der Waals surface area contributed by atoms with E-state index in [-0.39, 0.29) is 10.6 Å². The number of rotatable bonds is 2. The van der Waals surface area contributed by atoms with Crippen LogP contribution in [0.25, 0.3) is 0 Å². The van der Waals surface area contributed by atoms with Crippen LogP contribution in [0.5, 0.6) is 0 Å². The Morgan fingerprint density at radius 3 is 2.73 bits per heavy atom. The predicted molar refractivity (Wildman–Crippen MR) is 59.8 cm³/mol. The Bertz CT molecular complexity index is 435. The van der Waals surface area contributed by atoms with Crippen molar-refractivity contribution in [3.8, 4) is 0 Å². The van der Waals surface area contributed by atoms with Gasteiger partial charge in [-0.3, -0.25) is 0 Å². The summed E-state index contributed by atoms with van der Waals surface area (Å²) in [5.74, 6) is -0.485. The van der Waals surface area contributed by atoms with Gasteiger partial charge in [-0.05, 0) is 34.5 Å². The van der Waals surface area contributed by atoms with Crippen LogP contribution in [0, 0.1) is 5.82 Å². The number of thiophene rings is 1. The summed E-state index contributed by atoms with van der Waals surface area (Å²) >= 11 is 7.29. The van der Waals surface area contributed by atoms with Gasteiger partial charge in [0.05, 0.1) is 0 Å². The highest BCUT2D eigenvalue weighted by Gasteiger charge is 2.18. The molecular weight excluding hydrogens is 235 g/mol. The van der Waals surface area contributed by atoms with Gasteiger partial charge in [0.25, 0.3) is 0 Å². The van der Waals surface area contributed by atoms with Crippen LogP contribution in [0.4, 0.5) is 4.39 Å². The largest absolute Gasteiger partial charge is 0.383 e. The maximum absolute atomic E-state index is 13.5. The van der Waals surface area contributed by atoms with Gasteiger partial charge in [0.2, 0.25) is 0 Å². The Morgan fingerprint density at radius 2 is 2.13 bits per heavy atom. The van der Waals surface area contributed by atoms with Gasteiger partial charge in [-0.15, -0.1) is 0 Å². The van der Waals surface area contributed by atoms with Crippen molar-refractivity contribution in [2.24, 2.45) is 0 Å². The van der Waals surface area contributed by atoms with E-state index in [2.05, 4.69) is 0 Å². The molecule has 0 aliphatic carbocycles. The van der Waals surface area contributed by atoms with Crippen LogP contribution >= 0.6 is 22.9 Å². The molecule has 2 aromatic rings. The van der Waals surface area contributed by atoms with Gasteiger partial charge in [-0.2, -0.15) is 11.3 Å². The smallest absolute Gasteiger partial charge is 0.130 e. The van der Waals surface area contributed by atoms with Crippen molar-refractivity contribution < 1.29 is 9.50 Å². The molecule has 1 N–H and O–H groups in total. The lowest BCUT2D eigenvalue weighted by molar-refractivity contribution is 0.215. The summed E-state index contributed by atoms with van der Waals surface area (Å²) < 4.78 is 13.5. The molecule has 1 aromatic heterocycles. The van der Waals surface area contributed by atoms with E-state index in [4.69, 9.17) is 11.6 Å². The average molecular weight is 243 g/mol. The molecule has 0 saturated carbocycles. The molecule has 0 amide bonds. The first-order valence-electron chi connectivity index (χ1n) is 4.34. The second-order valence-electron chi connectivity index (χ2n) is 3.09. The summed E-state index contributed by atoms with van der Waals surface area (Å²) in [7, 11) is 0. The van der Waals surface area contributed by atoms with Crippen LogP contribution in [0.2, 0.25) is 5.02 Å². The lowest BCUT2D eigenvalue weighted by atomic mass is 10.0. The minimum absolute atomic E-state index is 0.137. The molecule has 1 atom stereocenters. The van der Waals surface area contributed by atoms with Crippen molar-refractivity contribution in [2.75, 3.05) is 0 Å². The summed E-state index contributed by atoms with van der Waals surface area (Å²) in [4.78, 5) is 0. The fourth-order valence-corrected chi connectivity index (χ4v) is 2.31. The Hall–Kier alpha value is -0.900. The van der Waals surface area contributed by atoms with Gasteiger partial charge in [0, 0.05) is 10.6 Å². The topological polar surface area (TPSA) is 20.2 Å². The first-order chi connectivity index (χ1) is 7.20. The zero-order valence-electron chi connectivity index (χ0n) is 7.65. The Kier molecular flexibility index (Phi) is 3.05. The quantitative estimate of drug-likeness (QED) is 0.853. The third kappa shape index (κ3) is 2.04. The number of aliphatic hydroxyl groups excluding tert-OH is 1. The third-order valence-electron chi connectivity index (χ3n) is 2.13. The fraction of sp³-hybridized carbons (Fsp3) is 0.0909. The molecule has 0 bridgehead atoms. The number of halogens is 2. The van der Waals surface area contributed by atoms with Crippen LogP contribution in [-0.4, -0.2) is 5.11 Å². The number of hydrogen-bond acceptors (Lipinski definition) is 2. The zero-order valence-corrected chi connectivity index (χ0v) is 9.23. The molecule has 2 rings (SSSR count). The van der Waals surface area contributed by atoms with Crippen LogP contribution in [0.3, 0.4) is 0 Å². The van der Waals surface area contributed by atoms with Crippen LogP contribution in [0.15, 0.2) is 35.0 Å². The third-order valence-corrected chi connectivity index (χ3v) is 3.16. The number of aliphatic hydroxyl groups is 1. The van der Waals surface area contributed by atoms with Crippen LogP contribution in [-0.2, 0) is 0 Å². The molecule has 4 heteroatoms. The van der Waals surface area contributed by atoms with Crippen molar-refractivity contribution in [2.45, 2.75) is 6.10 Å². The van der Waals surface area contributed by atoms with Crippen molar-refractivity contribution in [3.05, 3.63) is 57.0 Å². The fourth-order valence-electron chi connectivity index (χ4n) is 1.37. The first-order valence-corrected chi connectivity index (χ1v) is 5.66. The van der Waals surface area contributed by atoms with Gasteiger partial charge in [0.1, 0.15) is 11.9 Å². The second kappa shape index (κ2) is 4.31. The van der Waals surface area contributed by atoms with E-state index in [9.17, 15) is 9.50 Å². The SMILES string of the molecule is OC(c1ccsc1)c1c(F)cccc1Cl. The minimum Gasteiger partial charge on any atom is -0.383 e. The molecule has 0 fully saturated rings. The zero-order chi connectivity index (χ0) is 10.8. The highest BCUT2D eigenvalue weighted by molar-refractivity contribution is 7.07. The molecule has 0 aliphatic rings. The lowest BCUT2D eigenvalue weighted by Gasteiger charge is -2.11. The molecule has 1 unspecified atom stereocenters. The van der Waals surface area contributed by atoms with Gasteiger partial charge < -0.3 is 5.11 Å². The van der Waals surface area contributed by atoms with Crippen molar-refractivity contribution >= 4 is 22.9 Å². The van der Waals surface area contributed by atoms with Crippen LogP contribution < -0.4 is 0 Å². The van der Waals surface area contributed by atoms with Crippen molar-refractivity contribution in [3.63, 3.8) is 0 Å². The van der Waals surface area contributed by atoms with Crippen molar-refractivity contribution in [1.82, 2.24) is 0 Å². The van der Waals surface area contributed by atoms with E-state index < -0.39 is 11.9 Å². The summed E-state index contributed by atoms with van der Waals surface area (Å²) in [6, 6.07) is 6.12. The monoisotopic (exact) mass is 242 g/mol. The van der Waals surface area contributed by atoms with Gasteiger partial charge in [-0.25, -0.2) is 4.39 Å². The lowest BCUT2D eigenvalue weighted by Crippen LogP contribution is -2.02. The van der Waals surface area contributed by atoms with Crippen molar-refractivity contribution in [1.29, 1.82) is 0 Å². The van der Waals surface area contributed by atoms with E-state index in [1.807, 2.05) is 5.38 Å². The normalized spacial score (nSPS) is 12.7. The first kappa shape index (κ1) is 10.6. The maximum Gasteiger partial charge on any atom is 0.130 e. The molecular formula is C11H8ClFOS. The molecule has 1 heterocycles. The highest BCUT2D eigenvalue weighted by Crippen LogP contribution is 2.31. The maximum atomic E-state index is 13.5. The van der Waals surface area contributed by atoms with Gasteiger partial charge >= 0.3 is 0 Å². The standard InChI is InChI=1S/C11H8ClFOS/c12-8-2-1-3-9(13)10(8)11(14)7-4-5-15-6-7/h1-6,11,14H.